The molecule has 1 rings (SSSR count). The highest BCUT2D eigenvalue weighted by atomic mass is 14.6. The van der Waals surface area contributed by atoms with Gasteiger partial charge in [-0.25, -0.2) is 0 Å². The summed E-state index contributed by atoms with van der Waals surface area (Å²) in [7, 11) is 0. The lowest BCUT2D eigenvalue weighted by Gasteiger charge is -2.29. The second-order valence-corrected chi connectivity index (χ2v) is 4.00. The minimum absolute atomic E-state index is 0.260. The van der Waals surface area contributed by atoms with Gasteiger partial charge in [0.25, 0.3) is 0 Å². The third-order valence-electron chi connectivity index (χ3n) is 3.22. The molecule has 1 N–H and O–H groups in total. The maximum atomic E-state index is 7.56. The van der Waals surface area contributed by atoms with Crippen LogP contribution in [0.1, 0.15) is 46.0 Å². The smallest absolute Gasteiger partial charge is 0.0213 e. The van der Waals surface area contributed by atoms with Gasteiger partial charge in [0.05, 0.1) is 0 Å². The van der Waals surface area contributed by atoms with Crippen LogP contribution in [-0.4, -0.2) is 6.04 Å². The molecular formula is C10H20N. The Kier molecular flexibility index (Phi) is 3.38. The highest BCUT2D eigenvalue weighted by molar-refractivity contribution is 4.76. The molecule has 0 aromatic heterocycles. The minimum Gasteiger partial charge on any atom is -0.255 e. The van der Waals surface area contributed by atoms with Gasteiger partial charge in [0, 0.05) is 6.04 Å². The van der Waals surface area contributed by atoms with E-state index in [0.29, 0.717) is 0 Å². The van der Waals surface area contributed by atoms with Crippen LogP contribution < -0.4 is 5.73 Å². The molecule has 0 saturated heterocycles. The van der Waals surface area contributed by atoms with E-state index in [1.54, 1.807) is 0 Å². The second kappa shape index (κ2) is 4.10. The Bertz CT molecular complexity index is 103. The third kappa shape index (κ3) is 2.48. The summed E-state index contributed by atoms with van der Waals surface area (Å²) >= 11 is 0. The molecular weight excluding hydrogens is 134 g/mol. The standard InChI is InChI=1S/C10H20N/c1-3-8(2)9-4-6-10(11)7-5-9/h8-11H,3-7H2,1-2H3/t8?,9-,10+. The van der Waals surface area contributed by atoms with Crippen LogP contribution >= 0.6 is 0 Å². The van der Waals surface area contributed by atoms with Crippen LogP contribution in [0.2, 0.25) is 0 Å². The van der Waals surface area contributed by atoms with Gasteiger partial charge in [0.2, 0.25) is 0 Å². The van der Waals surface area contributed by atoms with E-state index in [-0.39, 0.29) is 6.04 Å². The van der Waals surface area contributed by atoms with Crippen LogP contribution in [0.5, 0.6) is 0 Å². The zero-order valence-corrected chi connectivity index (χ0v) is 7.77. The van der Waals surface area contributed by atoms with Crippen molar-refractivity contribution >= 4 is 0 Å². The summed E-state index contributed by atoms with van der Waals surface area (Å²) in [6.45, 7) is 4.63. The predicted molar refractivity (Wildman–Crippen MR) is 48.3 cm³/mol. The fourth-order valence-corrected chi connectivity index (χ4v) is 2.02. The van der Waals surface area contributed by atoms with E-state index >= 15 is 0 Å². The van der Waals surface area contributed by atoms with Gasteiger partial charge in [-0.15, -0.1) is 0 Å². The normalized spacial score (nSPS) is 35.2. The Balaban J connectivity index is 2.27. The van der Waals surface area contributed by atoms with Crippen molar-refractivity contribution in [3.8, 4) is 0 Å². The molecule has 0 aromatic rings. The van der Waals surface area contributed by atoms with Gasteiger partial charge >= 0.3 is 0 Å². The lowest BCUT2D eigenvalue weighted by atomic mass is 9.78. The average Bonchev–Trinajstić information content (AvgIpc) is 2.05. The van der Waals surface area contributed by atoms with Gasteiger partial charge in [-0.3, -0.25) is 5.73 Å². The van der Waals surface area contributed by atoms with Gasteiger partial charge in [-0.05, 0) is 37.5 Å². The van der Waals surface area contributed by atoms with E-state index in [1.165, 1.54) is 19.3 Å². The van der Waals surface area contributed by atoms with E-state index in [4.69, 9.17) is 5.73 Å². The van der Waals surface area contributed by atoms with Crippen molar-refractivity contribution in [1.82, 2.24) is 5.73 Å². The first-order valence-corrected chi connectivity index (χ1v) is 4.95. The Morgan fingerprint density at radius 3 is 2.27 bits per heavy atom. The molecule has 1 saturated carbocycles. The maximum absolute atomic E-state index is 7.56. The van der Waals surface area contributed by atoms with Crippen molar-refractivity contribution in [1.29, 1.82) is 0 Å². The summed E-state index contributed by atoms with van der Waals surface area (Å²) in [5.74, 6) is 1.82. The van der Waals surface area contributed by atoms with Gasteiger partial charge in [-0.1, -0.05) is 20.3 Å². The molecule has 1 nitrogen and oxygen atoms in total. The van der Waals surface area contributed by atoms with Gasteiger partial charge < -0.3 is 0 Å². The summed E-state index contributed by atoms with van der Waals surface area (Å²) < 4.78 is 0. The van der Waals surface area contributed by atoms with Crippen molar-refractivity contribution in [3.63, 3.8) is 0 Å². The highest BCUT2D eigenvalue weighted by Gasteiger charge is 2.22. The van der Waals surface area contributed by atoms with Crippen molar-refractivity contribution in [2.45, 2.75) is 52.0 Å². The molecule has 0 amide bonds. The molecule has 1 fully saturated rings. The number of hydrogen-bond donors (Lipinski definition) is 0. The fourth-order valence-electron chi connectivity index (χ4n) is 2.02. The quantitative estimate of drug-likeness (QED) is 0.584. The number of nitrogens with one attached hydrogen (secondary N) is 1. The van der Waals surface area contributed by atoms with Crippen LogP contribution in [-0.2, 0) is 0 Å². The molecule has 0 spiro atoms. The third-order valence-corrected chi connectivity index (χ3v) is 3.22. The van der Waals surface area contributed by atoms with Crippen molar-refractivity contribution in [2.24, 2.45) is 11.8 Å². The summed E-state index contributed by atoms with van der Waals surface area (Å²) in [5, 5.41) is 0. The summed E-state index contributed by atoms with van der Waals surface area (Å²) in [5.41, 5.74) is 7.56. The first kappa shape index (κ1) is 9.05. The van der Waals surface area contributed by atoms with Gasteiger partial charge in [0.1, 0.15) is 0 Å². The van der Waals surface area contributed by atoms with Crippen molar-refractivity contribution in [2.75, 3.05) is 0 Å². The minimum atomic E-state index is 0.260. The Morgan fingerprint density at radius 1 is 1.27 bits per heavy atom. The van der Waals surface area contributed by atoms with Gasteiger partial charge in [-0.2, -0.15) is 0 Å². The monoisotopic (exact) mass is 154 g/mol. The molecule has 1 aliphatic carbocycles. The van der Waals surface area contributed by atoms with Crippen LogP contribution in [0.15, 0.2) is 0 Å². The summed E-state index contributed by atoms with van der Waals surface area (Å²) in [6, 6.07) is 0.260. The van der Waals surface area contributed by atoms with E-state index in [2.05, 4.69) is 13.8 Å². The lowest BCUT2D eigenvalue weighted by molar-refractivity contribution is 0.239. The second-order valence-electron chi connectivity index (χ2n) is 4.00. The highest BCUT2D eigenvalue weighted by Crippen LogP contribution is 2.31. The van der Waals surface area contributed by atoms with Crippen LogP contribution in [0, 0.1) is 11.8 Å². The van der Waals surface area contributed by atoms with Crippen LogP contribution in [0.3, 0.4) is 0 Å². The van der Waals surface area contributed by atoms with Crippen LogP contribution in [0.4, 0.5) is 0 Å². The van der Waals surface area contributed by atoms with E-state index in [0.717, 1.165) is 24.7 Å². The Morgan fingerprint density at radius 2 is 1.82 bits per heavy atom. The largest absolute Gasteiger partial charge is 0.255 e. The van der Waals surface area contributed by atoms with E-state index in [1.807, 2.05) is 0 Å². The molecule has 0 aromatic carbocycles. The zero-order chi connectivity index (χ0) is 8.27. The van der Waals surface area contributed by atoms with E-state index in [9.17, 15) is 0 Å². The molecule has 65 valence electrons. The lowest BCUT2D eigenvalue weighted by Crippen LogP contribution is -2.23. The molecule has 11 heavy (non-hydrogen) atoms. The number of rotatable bonds is 2. The SMILES string of the molecule is CCC(C)[C@H]1CC[C@@H]([NH])CC1. The summed E-state index contributed by atoms with van der Waals surface area (Å²) in [4.78, 5) is 0. The summed E-state index contributed by atoms with van der Waals surface area (Å²) in [6.07, 6.45) is 6.23. The molecule has 1 radical (unpaired) electrons. The molecule has 1 aliphatic rings. The van der Waals surface area contributed by atoms with E-state index < -0.39 is 0 Å². The fraction of sp³-hybridized carbons (Fsp3) is 1.00. The predicted octanol–water partition coefficient (Wildman–Crippen LogP) is 2.87. The number of hydrogen-bond acceptors (Lipinski definition) is 0. The molecule has 0 bridgehead atoms. The van der Waals surface area contributed by atoms with Crippen LogP contribution in [0.25, 0.3) is 0 Å². The molecule has 0 heterocycles. The topological polar surface area (TPSA) is 23.8 Å². The Hall–Kier alpha value is -0.0400. The maximum Gasteiger partial charge on any atom is 0.0213 e. The molecule has 1 unspecified atom stereocenters. The average molecular weight is 154 g/mol. The Labute approximate surface area is 70.4 Å². The zero-order valence-electron chi connectivity index (χ0n) is 7.77. The first-order chi connectivity index (χ1) is 5.24. The molecule has 1 heteroatoms. The first-order valence-electron chi connectivity index (χ1n) is 4.95. The molecule has 1 atom stereocenters. The van der Waals surface area contributed by atoms with Crippen molar-refractivity contribution < 1.29 is 0 Å². The van der Waals surface area contributed by atoms with Crippen molar-refractivity contribution in [3.05, 3.63) is 0 Å². The van der Waals surface area contributed by atoms with Gasteiger partial charge in [0.15, 0.2) is 0 Å². The molecule has 0 aliphatic heterocycles.